The average molecular weight is 380 g/mol. The number of nitrogens with one attached hydrogen (secondary N) is 2. The van der Waals surface area contributed by atoms with E-state index in [1.165, 1.54) is 6.42 Å². The lowest BCUT2D eigenvalue weighted by molar-refractivity contribution is -0.131. The lowest BCUT2D eigenvalue weighted by Gasteiger charge is -2.31. The fourth-order valence-electron chi connectivity index (χ4n) is 3.72. The van der Waals surface area contributed by atoms with E-state index in [1.54, 1.807) is 23.2 Å². The number of hydrogen-bond donors (Lipinski definition) is 2. The highest BCUT2D eigenvalue weighted by Gasteiger charge is 2.22. The summed E-state index contributed by atoms with van der Waals surface area (Å²) in [5.74, 6) is 0.187. The van der Waals surface area contributed by atoms with Crippen LogP contribution < -0.4 is 5.32 Å². The first-order chi connectivity index (χ1) is 13.6. The van der Waals surface area contributed by atoms with Gasteiger partial charge in [-0.05, 0) is 37.1 Å². The summed E-state index contributed by atoms with van der Waals surface area (Å²) in [5.41, 5.74) is 1.59. The molecule has 146 valence electrons. The standard InChI is InChI=1S/C21H24N4O3/c1-25(15-5-3-2-4-6-15)20(26)13-24-21(27)19-8-7-18(28-19)17-11-16-14(12-23-17)9-10-22-16/h7-12,15,22H,2-6,13H2,1H3,(H,24,27). The second-order valence-electron chi connectivity index (χ2n) is 7.28. The van der Waals surface area contributed by atoms with E-state index in [0.29, 0.717) is 11.5 Å². The van der Waals surface area contributed by atoms with E-state index >= 15 is 0 Å². The van der Waals surface area contributed by atoms with Gasteiger partial charge in [-0.2, -0.15) is 0 Å². The molecule has 0 atom stereocenters. The molecule has 0 aliphatic heterocycles. The van der Waals surface area contributed by atoms with Crippen LogP contribution in [0.4, 0.5) is 0 Å². The van der Waals surface area contributed by atoms with E-state index in [1.807, 2.05) is 25.4 Å². The Balaban J connectivity index is 1.36. The topological polar surface area (TPSA) is 91.2 Å². The number of furan rings is 1. The third kappa shape index (κ3) is 3.78. The number of carbonyl (C=O) groups excluding carboxylic acids is 2. The molecular formula is C21H24N4O3. The summed E-state index contributed by atoms with van der Waals surface area (Å²) in [7, 11) is 1.82. The molecule has 0 unspecified atom stereocenters. The minimum Gasteiger partial charge on any atom is -0.449 e. The van der Waals surface area contributed by atoms with Gasteiger partial charge in [0.2, 0.25) is 5.91 Å². The number of fused-ring (bicyclic) bond motifs is 1. The molecule has 3 aromatic heterocycles. The minimum atomic E-state index is -0.405. The molecule has 1 aliphatic rings. The van der Waals surface area contributed by atoms with Gasteiger partial charge in [-0.1, -0.05) is 19.3 Å². The van der Waals surface area contributed by atoms with Crippen molar-refractivity contribution in [1.82, 2.24) is 20.2 Å². The van der Waals surface area contributed by atoms with Gasteiger partial charge in [0.15, 0.2) is 11.5 Å². The van der Waals surface area contributed by atoms with Crippen LogP contribution in [0.2, 0.25) is 0 Å². The van der Waals surface area contributed by atoms with Crippen molar-refractivity contribution in [2.24, 2.45) is 0 Å². The van der Waals surface area contributed by atoms with Crippen molar-refractivity contribution in [2.45, 2.75) is 38.1 Å². The molecule has 2 amide bonds. The van der Waals surface area contributed by atoms with E-state index in [4.69, 9.17) is 4.42 Å². The fraction of sp³-hybridized carbons (Fsp3) is 0.381. The van der Waals surface area contributed by atoms with E-state index < -0.39 is 5.91 Å². The Labute approximate surface area is 163 Å². The molecule has 0 saturated heterocycles. The molecule has 1 aliphatic carbocycles. The smallest absolute Gasteiger partial charge is 0.287 e. The number of pyridine rings is 1. The quantitative estimate of drug-likeness (QED) is 0.710. The molecule has 28 heavy (non-hydrogen) atoms. The SMILES string of the molecule is CN(C(=O)CNC(=O)c1ccc(-c2cc3[nH]ccc3cn2)o1)C1CCCCC1. The van der Waals surface area contributed by atoms with Crippen LogP contribution in [-0.4, -0.2) is 46.3 Å². The first-order valence-corrected chi connectivity index (χ1v) is 9.69. The van der Waals surface area contributed by atoms with Crippen LogP contribution in [0.15, 0.2) is 41.1 Å². The maximum Gasteiger partial charge on any atom is 0.287 e. The van der Waals surface area contributed by atoms with Crippen molar-refractivity contribution in [3.63, 3.8) is 0 Å². The molecule has 1 fully saturated rings. The Morgan fingerprint density at radius 2 is 2.07 bits per heavy atom. The van der Waals surface area contributed by atoms with Crippen LogP contribution in [0.3, 0.4) is 0 Å². The third-order valence-electron chi connectivity index (χ3n) is 5.43. The lowest BCUT2D eigenvalue weighted by Crippen LogP contribution is -2.44. The monoisotopic (exact) mass is 380 g/mol. The number of rotatable bonds is 5. The molecule has 4 rings (SSSR count). The minimum absolute atomic E-state index is 0.0332. The number of aromatic nitrogens is 2. The predicted molar refractivity (Wildman–Crippen MR) is 106 cm³/mol. The molecule has 2 N–H and O–H groups in total. The van der Waals surface area contributed by atoms with Crippen molar-refractivity contribution in [3.05, 3.63) is 42.4 Å². The summed E-state index contributed by atoms with van der Waals surface area (Å²) in [6.07, 6.45) is 9.23. The van der Waals surface area contributed by atoms with E-state index in [-0.39, 0.29) is 24.3 Å². The Kier molecular flexibility index (Phi) is 5.14. The normalized spacial score (nSPS) is 14.9. The summed E-state index contributed by atoms with van der Waals surface area (Å²) >= 11 is 0. The molecule has 3 aromatic rings. The molecule has 3 heterocycles. The summed E-state index contributed by atoms with van der Waals surface area (Å²) in [6.45, 7) is -0.0332. The van der Waals surface area contributed by atoms with Gasteiger partial charge in [-0.25, -0.2) is 0 Å². The van der Waals surface area contributed by atoms with Crippen LogP contribution in [-0.2, 0) is 4.79 Å². The Morgan fingerprint density at radius 3 is 2.89 bits per heavy atom. The zero-order valence-corrected chi connectivity index (χ0v) is 15.9. The third-order valence-corrected chi connectivity index (χ3v) is 5.43. The largest absolute Gasteiger partial charge is 0.449 e. The molecule has 0 bridgehead atoms. The number of amides is 2. The number of nitrogens with zero attached hydrogens (tertiary/aromatic N) is 2. The van der Waals surface area contributed by atoms with Crippen LogP contribution in [0.25, 0.3) is 22.4 Å². The number of aromatic amines is 1. The molecule has 7 nitrogen and oxygen atoms in total. The maximum atomic E-state index is 12.4. The number of hydrogen-bond acceptors (Lipinski definition) is 4. The van der Waals surface area contributed by atoms with Crippen molar-refractivity contribution >= 4 is 22.7 Å². The highest BCUT2D eigenvalue weighted by Crippen LogP contribution is 2.24. The van der Waals surface area contributed by atoms with Gasteiger partial charge in [0, 0.05) is 36.4 Å². The summed E-state index contributed by atoms with van der Waals surface area (Å²) < 4.78 is 5.65. The first-order valence-electron chi connectivity index (χ1n) is 9.69. The maximum absolute atomic E-state index is 12.4. The molecule has 0 aromatic carbocycles. The van der Waals surface area contributed by atoms with Crippen LogP contribution in [0, 0.1) is 0 Å². The van der Waals surface area contributed by atoms with Gasteiger partial charge in [0.25, 0.3) is 5.91 Å². The number of likely N-dealkylation sites (N-methyl/N-ethyl adjacent to an activating group) is 1. The second-order valence-corrected chi connectivity index (χ2v) is 7.28. The van der Waals surface area contributed by atoms with Gasteiger partial charge in [0.05, 0.1) is 6.54 Å². The molecule has 7 heteroatoms. The van der Waals surface area contributed by atoms with Gasteiger partial charge < -0.3 is 19.6 Å². The Hall–Kier alpha value is -3.09. The van der Waals surface area contributed by atoms with Crippen molar-refractivity contribution in [1.29, 1.82) is 0 Å². The first kappa shape index (κ1) is 18.3. The summed E-state index contributed by atoms with van der Waals surface area (Å²) in [4.78, 5) is 34.0. The van der Waals surface area contributed by atoms with Gasteiger partial charge in [-0.3, -0.25) is 14.6 Å². The van der Waals surface area contributed by atoms with E-state index in [9.17, 15) is 9.59 Å². The number of carbonyl (C=O) groups is 2. The molecule has 0 spiro atoms. The van der Waals surface area contributed by atoms with Crippen molar-refractivity contribution in [2.75, 3.05) is 13.6 Å². The lowest BCUT2D eigenvalue weighted by atomic mass is 9.94. The van der Waals surface area contributed by atoms with E-state index in [0.717, 1.165) is 36.6 Å². The molecular weight excluding hydrogens is 356 g/mol. The highest BCUT2D eigenvalue weighted by atomic mass is 16.4. The zero-order valence-electron chi connectivity index (χ0n) is 15.9. The molecule has 1 saturated carbocycles. The van der Waals surface area contributed by atoms with Gasteiger partial charge >= 0.3 is 0 Å². The second kappa shape index (κ2) is 7.88. The Bertz CT molecular complexity index is 984. The average Bonchev–Trinajstić information content (AvgIpc) is 3.40. The molecule has 0 radical (unpaired) electrons. The Morgan fingerprint density at radius 1 is 1.25 bits per heavy atom. The number of H-pyrrole nitrogens is 1. The van der Waals surface area contributed by atoms with Gasteiger partial charge in [-0.15, -0.1) is 0 Å². The van der Waals surface area contributed by atoms with Gasteiger partial charge in [0.1, 0.15) is 5.69 Å². The van der Waals surface area contributed by atoms with Crippen molar-refractivity contribution in [3.8, 4) is 11.5 Å². The zero-order chi connectivity index (χ0) is 19.5. The van der Waals surface area contributed by atoms with Crippen LogP contribution >= 0.6 is 0 Å². The fourth-order valence-corrected chi connectivity index (χ4v) is 3.72. The predicted octanol–water partition coefficient (Wildman–Crippen LogP) is 3.34. The van der Waals surface area contributed by atoms with E-state index in [2.05, 4.69) is 15.3 Å². The highest BCUT2D eigenvalue weighted by molar-refractivity contribution is 5.94. The summed E-state index contributed by atoms with van der Waals surface area (Å²) in [5, 5.41) is 3.67. The van der Waals surface area contributed by atoms with Crippen LogP contribution in [0.5, 0.6) is 0 Å². The summed E-state index contributed by atoms with van der Waals surface area (Å²) in [6, 6.07) is 7.40. The van der Waals surface area contributed by atoms with Crippen molar-refractivity contribution < 1.29 is 14.0 Å². The van der Waals surface area contributed by atoms with Crippen LogP contribution in [0.1, 0.15) is 42.7 Å².